The molecule has 116 valence electrons. The second kappa shape index (κ2) is 8.02. The Labute approximate surface area is 136 Å². The molecular weight excluding hydrogens is 307 g/mol. The van der Waals surface area contributed by atoms with Crippen LogP contribution in [0.2, 0.25) is 10.0 Å². The van der Waals surface area contributed by atoms with Crippen LogP contribution >= 0.6 is 23.2 Å². The normalized spacial score (nSPS) is 18.0. The molecule has 1 aliphatic rings. The molecule has 3 nitrogen and oxygen atoms in total. The zero-order chi connectivity index (χ0) is 15.2. The van der Waals surface area contributed by atoms with Crippen molar-refractivity contribution in [2.45, 2.75) is 38.6 Å². The Morgan fingerprint density at radius 3 is 2.86 bits per heavy atom. The van der Waals surface area contributed by atoms with E-state index in [0.717, 1.165) is 38.0 Å². The minimum absolute atomic E-state index is 0.219. The number of carbonyl (C=O) groups excluding carboxylic acids is 1. The van der Waals surface area contributed by atoms with Gasteiger partial charge in [0, 0.05) is 35.6 Å². The predicted octanol–water partition coefficient (Wildman–Crippen LogP) is 3.53. The van der Waals surface area contributed by atoms with Crippen LogP contribution in [0, 0.1) is 0 Å². The van der Waals surface area contributed by atoms with Crippen LogP contribution in [0.5, 0.6) is 0 Å². The van der Waals surface area contributed by atoms with Gasteiger partial charge in [0.05, 0.1) is 0 Å². The highest BCUT2D eigenvalue weighted by atomic mass is 35.5. The van der Waals surface area contributed by atoms with Crippen LogP contribution in [-0.4, -0.2) is 36.5 Å². The maximum Gasteiger partial charge on any atom is 0.223 e. The van der Waals surface area contributed by atoms with Gasteiger partial charge < -0.3 is 10.2 Å². The maximum absolute atomic E-state index is 12.5. The van der Waals surface area contributed by atoms with Crippen molar-refractivity contribution in [3.63, 3.8) is 0 Å². The van der Waals surface area contributed by atoms with Crippen molar-refractivity contribution in [3.05, 3.63) is 33.8 Å². The van der Waals surface area contributed by atoms with Crippen molar-refractivity contribution in [1.82, 2.24) is 10.2 Å². The molecule has 1 N–H and O–H groups in total. The van der Waals surface area contributed by atoms with Gasteiger partial charge in [-0.15, -0.1) is 0 Å². The number of rotatable bonds is 6. The van der Waals surface area contributed by atoms with Crippen LogP contribution < -0.4 is 5.32 Å². The summed E-state index contributed by atoms with van der Waals surface area (Å²) in [6.45, 7) is 4.85. The molecule has 1 aliphatic heterocycles. The monoisotopic (exact) mass is 328 g/mol. The van der Waals surface area contributed by atoms with E-state index in [2.05, 4.69) is 12.2 Å². The van der Waals surface area contributed by atoms with E-state index in [-0.39, 0.29) is 5.91 Å². The number of amides is 1. The topological polar surface area (TPSA) is 32.3 Å². The summed E-state index contributed by atoms with van der Waals surface area (Å²) in [6, 6.07) is 5.79. The number of benzene rings is 1. The number of halogens is 2. The molecule has 0 spiro atoms. The van der Waals surface area contributed by atoms with Gasteiger partial charge in [-0.25, -0.2) is 0 Å². The third kappa shape index (κ3) is 4.60. The molecule has 0 aliphatic carbocycles. The molecule has 1 unspecified atom stereocenters. The Morgan fingerprint density at radius 2 is 2.24 bits per heavy atom. The molecule has 21 heavy (non-hydrogen) atoms. The molecule has 0 bridgehead atoms. The molecule has 0 saturated carbocycles. The van der Waals surface area contributed by atoms with Gasteiger partial charge in [0.15, 0.2) is 0 Å². The first-order valence-electron chi connectivity index (χ1n) is 7.56. The van der Waals surface area contributed by atoms with Crippen molar-refractivity contribution >= 4 is 29.1 Å². The number of carbonyl (C=O) groups is 1. The first-order chi connectivity index (χ1) is 10.1. The van der Waals surface area contributed by atoms with E-state index in [1.54, 1.807) is 6.07 Å². The van der Waals surface area contributed by atoms with Gasteiger partial charge in [-0.3, -0.25) is 4.79 Å². The molecule has 5 heteroatoms. The Balaban J connectivity index is 1.95. The molecule has 1 amide bonds. The molecule has 2 rings (SSSR count). The van der Waals surface area contributed by atoms with E-state index in [9.17, 15) is 4.79 Å². The number of hydrogen-bond donors (Lipinski definition) is 1. The predicted molar refractivity (Wildman–Crippen MR) is 88.1 cm³/mol. The lowest BCUT2D eigenvalue weighted by molar-refractivity contribution is -0.133. The van der Waals surface area contributed by atoms with Gasteiger partial charge in [0.2, 0.25) is 5.91 Å². The fourth-order valence-electron chi connectivity index (χ4n) is 2.77. The summed E-state index contributed by atoms with van der Waals surface area (Å²) in [7, 11) is 0. The number of hydrogen-bond acceptors (Lipinski definition) is 2. The van der Waals surface area contributed by atoms with Crippen LogP contribution in [0.3, 0.4) is 0 Å². The van der Waals surface area contributed by atoms with Crippen molar-refractivity contribution in [1.29, 1.82) is 0 Å². The summed E-state index contributed by atoms with van der Waals surface area (Å²) in [4.78, 5) is 14.5. The first kappa shape index (κ1) is 16.6. The minimum atomic E-state index is 0.219. The zero-order valence-electron chi connectivity index (χ0n) is 12.4. The highest BCUT2D eigenvalue weighted by Crippen LogP contribution is 2.22. The summed E-state index contributed by atoms with van der Waals surface area (Å²) >= 11 is 12.1. The fraction of sp³-hybridized carbons (Fsp3) is 0.562. The second-order valence-corrected chi connectivity index (χ2v) is 6.31. The van der Waals surface area contributed by atoms with E-state index in [0.29, 0.717) is 28.9 Å². The van der Waals surface area contributed by atoms with E-state index in [4.69, 9.17) is 23.2 Å². The van der Waals surface area contributed by atoms with Gasteiger partial charge >= 0.3 is 0 Å². The van der Waals surface area contributed by atoms with Crippen molar-refractivity contribution in [3.8, 4) is 0 Å². The summed E-state index contributed by atoms with van der Waals surface area (Å²) in [6.07, 6.45) is 3.20. The third-order valence-electron chi connectivity index (χ3n) is 3.88. The van der Waals surface area contributed by atoms with Crippen molar-refractivity contribution in [2.75, 3.05) is 19.6 Å². The lowest BCUT2D eigenvalue weighted by Gasteiger charge is -2.28. The Morgan fingerprint density at radius 1 is 1.43 bits per heavy atom. The number of nitrogens with one attached hydrogen (secondary N) is 1. The van der Waals surface area contributed by atoms with Crippen LogP contribution in [0.25, 0.3) is 0 Å². The standard InChI is InChI=1S/C16H22Cl2N2O/c1-2-9-20(14-7-8-19-11-14)16(21)6-4-12-3-5-13(17)10-15(12)18/h3,5,10,14,19H,2,4,6-9,11H2,1H3. The van der Waals surface area contributed by atoms with E-state index in [1.165, 1.54) is 0 Å². The first-order valence-corrected chi connectivity index (χ1v) is 8.31. The van der Waals surface area contributed by atoms with Crippen LogP contribution in [0.15, 0.2) is 18.2 Å². The zero-order valence-corrected chi connectivity index (χ0v) is 13.9. The van der Waals surface area contributed by atoms with E-state index >= 15 is 0 Å². The molecule has 1 saturated heterocycles. The Hall–Kier alpha value is -0.770. The Kier molecular flexibility index (Phi) is 6.34. The summed E-state index contributed by atoms with van der Waals surface area (Å²) in [5, 5.41) is 4.59. The van der Waals surface area contributed by atoms with Gasteiger partial charge in [-0.2, -0.15) is 0 Å². The largest absolute Gasteiger partial charge is 0.338 e. The SMILES string of the molecule is CCCN(C(=O)CCc1ccc(Cl)cc1Cl)C1CCNC1. The summed E-state index contributed by atoms with van der Waals surface area (Å²) in [5.74, 6) is 0.219. The average Bonchev–Trinajstić information content (AvgIpc) is 2.97. The average molecular weight is 329 g/mol. The molecule has 1 aromatic carbocycles. The van der Waals surface area contributed by atoms with E-state index in [1.807, 2.05) is 17.0 Å². The second-order valence-electron chi connectivity index (χ2n) is 5.47. The smallest absolute Gasteiger partial charge is 0.223 e. The van der Waals surface area contributed by atoms with Gasteiger partial charge in [0.1, 0.15) is 0 Å². The van der Waals surface area contributed by atoms with Gasteiger partial charge in [-0.05, 0) is 43.5 Å². The van der Waals surface area contributed by atoms with Crippen molar-refractivity contribution in [2.24, 2.45) is 0 Å². The molecule has 1 aromatic rings. The van der Waals surface area contributed by atoms with E-state index < -0.39 is 0 Å². The van der Waals surface area contributed by atoms with Crippen LogP contribution in [0.4, 0.5) is 0 Å². The summed E-state index contributed by atoms with van der Waals surface area (Å²) in [5.41, 5.74) is 0.982. The lowest BCUT2D eigenvalue weighted by Crippen LogP contribution is -2.42. The van der Waals surface area contributed by atoms with Crippen LogP contribution in [0.1, 0.15) is 31.7 Å². The number of nitrogens with zero attached hydrogens (tertiary/aromatic N) is 1. The molecule has 1 atom stereocenters. The number of aryl methyl sites for hydroxylation is 1. The van der Waals surface area contributed by atoms with Crippen LogP contribution in [-0.2, 0) is 11.2 Å². The van der Waals surface area contributed by atoms with Gasteiger partial charge in [0.25, 0.3) is 0 Å². The van der Waals surface area contributed by atoms with Crippen molar-refractivity contribution < 1.29 is 4.79 Å². The Bertz CT molecular complexity index is 487. The maximum atomic E-state index is 12.5. The molecule has 0 radical (unpaired) electrons. The molecule has 1 heterocycles. The van der Waals surface area contributed by atoms with Gasteiger partial charge in [-0.1, -0.05) is 36.2 Å². The quantitative estimate of drug-likeness (QED) is 0.866. The molecular formula is C16H22Cl2N2O. The molecule has 1 fully saturated rings. The minimum Gasteiger partial charge on any atom is -0.338 e. The fourth-order valence-corrected chi connectivity index (χ4v) is 3.27. The lowest BCUT2D eigenvalue weighted by atomic mass is 10.1. The highest BCUT2D eigenvalue weighted by Gasteiger charge is 2.25. The highest BCUT2D eigenvalue weighted by molar-refractivity contribution is 6.35. The third-order valence-corrected chi connectivity index (χ3v) is 4.47. The molecule has 0 aromatic heterocycles. The summed E-state index contributed by atoms with van der Waals surface area (Å²) < 4.78 is 0.